The van der Waals surface area contributed by atoms with Gasteiger partial charge in [-0.15, -0.1) is 0 Å². The molecule has 2 unspecified atom stereocenters. The number of hydrogen-bond acceptors (Lipinski definition) is 1. The average Bonchev–Trinajstić information content (AvgIpc) is 2.25. The van der Waals surface area contributed by atoms with E-state index in [1.54, 1.807) is 6.08 Å². The summed E-state index contributed by atoms with van der Waals surface area (Å²) in [5.74, 6) is 0. The molecule has 1 aromatic carbocycles. The Morgan fingerprint density at radius 1 is 1.40 bits per heavy atom. The fourth-order valence-electron chi connectivity index (χ4n) is 1.24. The molecule has 1 nitrogen and oxygen atoms in total. The van der Waals surface area contributed by atoms with Crippen molar-refractivity contribution in [1.29, 1.82) is 0 Å². The predicted octanol–water partition coefficient (Wildman–Crippen LogP) is 3.37. The van der Waals surface area contributed by atoms with Gasteiger partial charge in [-0.05, 0) is 18.4 Å². The molecule has 0 saturated heterocycles. The summed E-state index contributed by atoms with van der Waals surface area (Å²) in [6.07, 6.45) is 3.65. The number of aryl methyl sites for hydroxylation is 1. The molecule has 1 aromatic rings. The molecule has 0 aliphatic heterocycles. The average molecular weight is 314 g/mol. The van der Waals surface area contributed by atoms with Gasteiger partial charge in [0, 0.05) is 47.3 Å². The number of benzene rings is 1. The monoisotopic (exact) mass is 314 g/mol. The molecule has 79 valence electrons. The second-order valence-corrected chi connectivity index (χ2v) is 4.17. The number of rotatable bonds is 6. The summed E-state index contributed by atoms with van der Waals surface area (Å²) >= 11 is 0. The van der Waals surface area contributed by atoms with Gasteiger partial charge in [0.05, 0.1) is 0 Å². The van der Waals surface area contributed by atoms with Crippen LogP contribution in [-0.2, 0) is 43.7 Å². The van der Waals surface area contributed by atoms with Crippen LogP contribution in [0.5, 0.6) is 0 Å². The first kappa shape index (κ1) is 15.9. The smallest absolute Gasteiger partial charge is 0.0486 e. The first-order chi connectivity index (χ1) is 6.86. The van der Waals surface area contributed by atoms with Crippen LogP contribution < -0.4 is 0 Å². The molecule has 0 spiro atoms. The van der Waals surface area contributed by atoms with E-state index < -0.39 is 0 Å². The third-order valence-corrected chi connectivity index (χ3v) is 2.84. The maximum absolute atomic E-state index is 5.47. The van der Waals surface area contributed by atoms with E-state index in [0.717, 1.165) is 12.8 Å². The zero-order chi connectivity index (χ0) is 10.2. The Morgan fingerprint density at radius 2 is 2.07 bits per heavy atom. The molecule has 0 heterocycles. The maximum Gasteiger partial charge on any atom is 0.0486 e. The second-order valence-electron chi connectivity index (χ2n) is 2.99. The van der Waals surface area contributed by atoms with E-state index in [2.05, 4.69) is 33.2 Å². The van der Waals surface area contributed by atoms with Crippen LogP contribution in [0.15, 0.2) is 36.4 Å². The molecule has 15 heavy (non-hydrogen) atoms. The topological polar surface area (TPSA) is 9.23 Å². The van der Waals surface area contributed by atoms with Crippen molar-refractivity contribution in [2.75, 3.05) is 0 Å². The molecule has 0 bridgehead atoms. The zero-order valence-electron chi connectivity index (χ0n) is 8.60. The van der Waals surface area contributed by atoms with Gasteiger partial charge in [-0.2, -0.15) is 0 Å². The van der Waals surface area contributed by atoms with Crippen molar-refractivity contribution in [3.05, 3.63) is 48.6 Å². The van der Waals surface area contributed by atoms with Crippen LogP contribution in [0.25, 0.3) is 0 Å². The molecule has 0 saturated carbocycles. The Bertz CT molecular complexity index is 267. The van der Waals surface area contributed by atoms with Crippen molar-refractivity contribution in [2.45, 2.75) is 18.9 Å². The second kappa shape index (κ2) is 10.1. The Morgan fingerprint density at radius 3 is 2.60 bits per heavy atom. The Balaban J connectivity index is 0.00000196. The van der Waals surface area contributed by atoms with E-state index in [9.17, 15) is 0 Å². The SMILES string of the molecule is [CH-]=C[C@H](CCc1ccccc1)OPP.[Y]. The van der Waals surface area contributed by atoms with Gasteiger partial charge in [-0.1, -0.05) is 39.3 Å². The normalized spacial score (nSPS) is 12.3. The van der Waals surface area contributed by atoms with Crippen molar-refractivity contribution in [3.63, 3.8) is 0 Å². The van der Waals surface area contributed by atoms with Gasteiger partial charge in [-0.3, -0.25) is 0 Å². The van der Waals surface area contributed by atoms with Crippen LogP contribution in [0.3, 0.4) is 0 Å². The fourth-order valence-corrected chi connectivity index (χ4v) is 2.13. The third-order valence-electron chi connectivity index (χ3n) is 1.99. The fraction of sp³-hybridized carbons (Fsp3) is 0.273. The minimum absolute atomic E-state index is 0. The van der Waals surface area contributed by atoms with Crippen molar-refractivity contribution >= 4 is 17.4 Å². The van der Waals surface area contributed by atoms with Crippen molar-refractivity contribution in [2.24, 2.45) is 0 Å². The van der Waals surface area contributed by atoms with Gasteiger partial charge in [0.15, 0.2) is 0 Å². The molecule has 1 rings (SSSR count). The summed E-state index contributed by atoms with van der Waals surface area (Å²) in [6, 6.07) is 10.4. The summed E-state index contributed by atoms with van der Waals surface area (Å²) in [5.41, 5.74) is 1.33. The van der Waals surface area contributed by atoms with Gasteiger partial charge >= 0.3 is 0 Å². The van der Waals surface area contributed by atoms with Crippen molar-refractivity contribution in [1.82, 2.24) is 0 Å². The van der Waals surface area contributed by atoms with Gasteiger partial charge in [0.1, 0.15) is 0 Å². The Kier molecular flexibility index (Phi) is 10.7. The van der Waals surface area contributed by atoms with E-state index in [-0.39, 0.29) is 38.8 Å². The molecule has 0 amide bonds. The molecule has 3 atom stereocenters. The van der Waals surface area contributed by atoms with Gasteiger partial charge in [-0.25, -0.2) is 6.08 Å². The summed E-state index contributed by atoms with van der Waals surface area (Å²) in [6.45, 7) is 5.47. The van der Waals surface area contributed by atoms with E-state index in [1.807, 2.05) is 6.07 Å². The first-order valence-electron chi connectivity index (χ1n) is 4.57. The zero-order valence-corrected chi connectivity index (χ0v) is 13.6. The van der Waals surface area contributed by atoms with Crippen LogP contribution in [0.2, 0.25) is 0 Å². The molecule has 4 heteroatoms. The molecule has 0 N–H and O–H groups in total. The van der Waals surface area contributed by atoms with Crippen LogP contribution >= 0.6 is 17.4 Å². The minimum atomic E-state index is 0. The van der Waals surface area contributed by atoms with E-state index >= 15 is 0 Å². The molecular formula is C11H15OP2Y-. The third kappa shape index (κ3) is 6.93. The van der Waals surface area contributed by atoms with E-state index in [0.29, 0.717) is 8.50 Å². The Labute approximate surface area is 121 Å². The molecule has 0 aliphatic rings. The molecule has 0 aromatic heterocycles. The summed E-state index contributed by atoms with van der Waals surface area (Å²) < 4.78 is 5.42. The standard InChI is InChI=1S/C11H15OP2.Y/c1-2-11(12-14-13)9-8-10-6-4-3-5-7-10;/h1-7,11,14H,8-9,13H2;/q-1;/t11-;/m1./s1. The minimum Gasteiger partial charge on any atom is -0.515 e. The predicted molar refractivity (Wildman–Crippen MR) is 66.5 cm³/mol. The summed E-state index contributed by atoms with van der Waals surface area (Å²) in [4.78, 5) is 0. The molecule has 0 fully saturated rings. The van der Waals surface area contributed by atoms with E-state index in [4.69, 9.17) is 11.1 Å². The van der Waals surface area contributed by atoms with Gasteiger partial charge in [0.25, 0.3) is 0 Å². The van der Waals surface area contributed by atoms with Crippen LogP contribution in [0.4, 0.5) is 0 Å². The summed E-state index contributed by atoms with van der Waals surface area (Å²) in [5, 5.41) is 0. The molecular weight excluding hydrogens is 299 g/mol. The van der Waals surface area contributed by atoms with Gasteiger partial charge < -0.3 is 11.1 Å². The maximum atomic E-state index is 5.47. The van der Waals surface area contributed by atoms with Crippen molar-refractivity contribution in [3.8, 4) is 0 Å². The Hall–Kier alpha value is 0.884. The largest absolute Gasteiger partial charge is 0.515 e. The first-order valence-corrected chi connectivity index (χ1v) is 7.29. The number of hydrogen-bond donors (Lipinski definition) is 0. The quantitative estimate of drug-likeness (QED) is 0.578. The van der Waals surface area contributed by atoms with Crippen LogP contribution in [-0.4, -0.2) is 6.10 Å². The van der Waals surface area contributed by atoms with E-state index in [1.165, 1.54) is 5.56 Å². The molecule has 0 aliphatic carbocycles. The van der Waals surface area contributed by atoms with Crippen molar-refractivity contribution < 1.29 is 37.2 Å². The van der Waals surface area contributed by atoms with Crippen LogP contribution in [0, 0.1) is 6.58 Å². The molecule has 1 radical (unpaired) electrons. The van der Waals surface area contributed by atoms with Gasteiger partial charge in [0.2, 0.25) is 0 Å². The van der Waals surface area contributed by atoms with Crippen LogP contribution in [0.1, 0.15) is 12.0 Å². The summed E-state index contributed by atoms with van der Waals surface area (Å²) in [7, 11) is 2.98.